The van der Waals surface area contributed by atoms with Crippen LogP contribution in [0, 0.1) is 0 Å². The molecule has 0 heterocycles. The zero-order valence-corrected chi connectivity index (χ0v) is 3.03. The van der Waals surface area contributed by atoms with E-state index in [1.165, 1.54) is 0 Å². The molecule has 2 radical (unpaired) electrons. The minimum atomic E-state index is 0. The van der Waals surface area contributed by atoms with E-state index in [2.05, 4.69) is 0 Å². The zero-order valence-electron chi connectivity index (χ0n) is 0.603. The van der Waals surface area contributed by atoms with E-state index in [9.17, 15) is 0 Å². The zero-order chi connectivity index (χ0) is 0. The van der Waals surface area contributed by atoms with E-state index >= 15 is 0 Å². The summed E-state index contributed by atoms with van der Waals surface area (Å²) in [6, 6.07) is 0. The molecular weight excluding hydrogens is 220 g/mol. The van der Waals surface area contributed by atoms with Crippen LogP contribution >= 0.6 is 0 Å². The van der Waals surface area contributed by atoms with Crippen LogP contribution in [0.2, 0.25) is 0 Å². The first kappa shape index (κ1) is 29.2. The van der Waals surface area contributed by atoms with E-state index in [1.807, 2.05) is 0 Å². The number of hydrogen-bond acceptors (Lipinski definition) is 0. The van der Waals surface area contributed by atoms with Crippen LogP contribution in [0.3, 0.4) is 0 Å². The SMILES string of the molecule is [Ag].[Cu].[MgH2].[MgH2]. The summed E-state index contributed by atoms with van der Waals surface area (Å²) in [7, 11) is 0. The van der Waals surface area contributed by atoms with Crippen molar-refractivity contribution in [2.75, 3.05) is 0 Å². The topological polar surface area (TPSA) is 0 Å². The van der Waals surface area contributed by atoms with Crippen molar-refractivity contribution in [1.82, 2.24) is 0 Å². The minimum Gasteiger partial charge on any atom is 0 e. The molecule has 0 aromatic heterocycles. The molecule has 0 aliphatic rings. The van der Waals surface area contributed by atoms with Gasteiger partial charge in [0.05, 0.1) is 0 Å². The fraction of sp³-hybridized carbons (Fsp3) is 0. The van der Waals surface area contributed by atoms with Gasteiger partial charge in [0.2, 0.25) is 0 Å². The molecule has 0 amide bonds. The van der Waals surface area contributed by atoms with Gasteiger partial charge in [-0.25, -0.2) is 0 Å². The third-order valence-electron chi connectivity index (χ3n) is 0. The molecule has 4 heavy (non-hydrogen) atoms. The van der Waals surface area contributed by atoms with Gasteiger partial charge in [0.1, 0.15) is 0 Å². The van der Waals surface area contributed by atoms with Crippen LogP contribution in [0.1, 0.15) is 0 Å². The van der Waals surface area contributed by atoms with Gasteiger partial charge in [0.15, 0.2) is 0 Å². The first-order valence-electron chi connectivity index (χ1n) is 0. The smallest absolute Gasteiger partial charge is 0 e. The van der Waals surface area contributed by atoms with Gasteiger partial charge < -0.3 is 0 Å². The van der Waals surface area contributed by atoms with Gasteiger partial charge in [-0.1, -0.05) is 0 Å². The first-order chi connectivity index (χ1) is 0. The predicted octanol–water partition coefficient (Wildman–Crippen LogP) is -1.84. The molecule has 0 aromatic carbocycles. The Balaban J connectivity index is 0. The Labute approximate surface area is 84.1 Å². The van der Waals surface area contributed by atoms with Crippen LogP contribution in [0.4, 0.5) is 0 Å². The monoisotopic (exact) mass is 222 g/mol. The average Bonchev–Trinajstić information content (AvgIpc) is 0. The summed E-state index contributed by atoms with van der Waals surface area (Å²) >= 11 is 0. The first-order valence-corrected chi connectivity index (χ1v) is 0. The van der Waals surface area contributed by atoms with E-state index in [0.29, 0.717) is 0 Å². The maximum absolute atomic E-state index is 0. The van der Waals surface area contributed by atoms with Crippen LogP contribution in [0.25, 0.3) is 0 Å². The third kappa shape index (κ3) is 8.84. The van der Waals surface area contributed by atoms with Crippen molar-refractivity contribution in [2.24, 2.45) is 0 Å². The summed E-state index contributed by atoms with van der Waals surface area (Å²) in [5.41, 5.74) is 0. The molecule has 0 spiro atoms. The Kier molecular flexibility index (Phi) is 125. The summed E-state index contributed by atoms with van der Waals surface area (Å²) in [4.78, 5) is 0. The second-order valence-corrected chi connectivity index (χ2v) is 0. The second kappa shape index (κ2) is 17.1. The quantitative estimate of drug-likeness (QED) is 0.424. The van der Waals surface area contributed by atoms with E-state index in [-0.39, 0.29) is 85.6 Å². The third-order valence-corrected chi connectivity index (χ3v) is 0. The Hall–Kier alpha value is 2.79. The van der Waals surface area contributed by atoms with Crippen molar-refractivity contribution in [3.63, 3.8) is 0 Å². The molecule has 4 heteroatoms. The van der Waals surface area contributed by atoms with Gasteiger partial charge >= 0.3 is 46.1 Å². The van der Waals surface area contributed by atoms with Gasteiger partial charge in [-0.3, -0.25) is 0 Å². The van der Waals surface area contributed by atoms with Gasteiger partial charge in [0, 0.05) is 39.4 Å². The standard InChI is InChI=1S/Ag.Cu.2Mg.4H. The molecule has 0 fully saturated rings. The molecule has 0 nitrogen and oxygen atoms in total. The Morgan fingerprint density at radius 3 is 0.750 bits per heavy atom. The van der Waals surface area contributed by atoms with E-state index in [0.717, 1.165) is 0 Å². The van der Waals surface area contributed by atoms with Crippen molar-refractivity contribution in [1.29, 1.82) is 0 Å². The summed E-state index contributed by atoms with van der Waals surface area (Å²) in [6.07, 6.45) is 0. The van der Waals surface area contributed by atoms with E-state index in [4.69, 9.17) is 0 Å². The fourth-order valence-electron chi connectivity index (χ4n) is 0. The normalized spacial score (nSPS) is 0. The molecule has 30 valence electrons. The van der Waals surface area contributed by atoms with Crippen molar-refractivity contribution in [2.45, 2.75) is 0 Å². The van der Waals surface area contributed by atoms with Crippen molar-refractivity contribution >= 4 is 46.1 Å². The van der Waals surface area contributed by atoms with Crippen LogP contribution < -0.4 is 0 Å². The number of hydrogen-bond donors (Lipinski definition) is 0. The van der Waals surface area contributed by atoms with Crippen LogP contribution in [-0.4, -0.2) is 46.1 Å². The molecule has 0 unspecified atom stereocenters. The van der Waals surface area contributed by atoms with Crippen molar-refractivity contribution in [3.05, 3.63) is 0 Å². The van der Waals surface area contributed by atoms with E-state index in [1.54, 1.807) is 0 Å². The molecule has 0 atom stereocenters. The molecule has 0 N–H and O–H groups in total. The maximum atomic E-state index is 0. The summed E-state index contributed by atoms with van der Waals surface area (Å²) in [5, 5.41) is 0. The van der Waals surface area contributed by atoms with Gasteiger partial charge in [-0.15, -0.1) is 0 Å². The van der Waals surface area contributed by atoms with Crippen molar-refractivity contribution < 1.29 is 39.4 Å². The van der Waals surface area contributed by atoms with Crippen LogP contribution in [0.15, 0.2) is 0 Å². The Morgan fingerprint density at radius 1 is 0.750 bits per heavy atom. The molecule has 0 rings (SSSR count). The average molecular weight is 224 g/mol. The molecule has 0 aliphatic heterocycles. The Bertz CT molecular complexity index is 6.00. The van der Waals surface area contributed by atoms with Gasteiger partial charge in [0.25, 0.3) is 0 Å². The molecule has 0 saturated carbocycles. The van der Waals surface area contributed by atoms with Crippen LogP contribution in [0.5, 0.6) is 0 Å². The van der Waals surface area contributed by atoms with E-state index < -0.39 is 0 Å². The second-order valence-electron chi connectivity index (χ2n) is 0. The number of rotatable bonds is 0. The fourth-order valence-corrected chi connectivity index (χ4v) is 0. The molecule has 0 saturated heterocycles. The summed E-state index contributed by atoms with van der Waals surface area (Å²) in [5.74, 6) is 0. The molecule has 0 aliphatic carbocycles. The van der Waals surface area contributed by atoms with Crippen molar-refractivity contribution in [3.8, 4) is 0 Å². The molecule has 0 bridgehead atoms. The summed E-state index contributed by atoms with van der Waals surface area (Å²) in [6.45, 7) is 0. The molecular formula is H4AgCuMg2. The minimum absolute atomic E-state index is 0. The summed E-state index contributed by atoms with van der Waals surface area (Å²) < 4.78 is 0. The molecule has 0 aromatic rings. The maximum Gasteiger partial charge on any atom is 0.316 e. The predicted molar refractivity (Wildman–Crippen MR) is 17.1 cm³/mol. The van der Waals surface area contributed by atoms with Crippen LogP contribution in [-0.2, 0) is 39.4 Å². The van der Waals surface area contributed by atoms with Gasteiger partial charge in [-0.2, -0.15) is 0 Å². The van der Waals surface area contributed by atoms with Gasteiger partial charge in [-0.05, 0) is 0 Å². The largest absolute Gasteiger partial charge is 0.316 e. The Morgan fingerprint density at radius 2 is 0.750 bits per heavy atom.